The lowest BCUT2D eigenvalue weighted by molar-refractivity contribution is 0.0947. The minimum Gasteiger partial charge on any atom is -0.507 e. The number of hydrogen-bond acceptors (Lipinski definition) is 3. The number of benzene rings is 1. The molecule has 1 aliphatic carbocycles. The first kappa shape index (κ1) is 15.7. The normalized spacial score (nSPS) is 21.8. The molecule has 2 unspecified atom stereocenters. The number of carbonyl (C=O) groups is 1. The molecule has 1 amide bonds. The SMILES string of the molecule is COc1ccc(C(=O)NCCC2CCCC(C)C2)c(O)c1. The molecule has 2 N–H and O–H groups in total. The van der Waals surface area contributed by atoms with Gasteiger partial charge in [0.1, 0.15) is 11.5 Å². The molecule has 1 aliphatic rings. The van der Waals surface area contributed by atoms with E-state index in [4.69, 9.17) is 4.74 Å². The van der Waals surface area contributed by atoms with Gasteiger partial charge in [0.2, 0.25) is 0 Å². The van der Waals surface area contributed by atoms with Gasteiger partial charge in [-0.25, -0.2) is 0 Å². The van der Waals surface area contributed by atoms with Crippen LogP contribution in [0.4, 0.5) is 0 Å². The van der Waals surface area contributed by atoms with Crippen LogP contribution in [-0.2, 0) is 0 Å². The molecule has 21 heavy (non-hydrogen) atoms. The molecule has 1 aromatic rings. The third kappa shape index (κ3) is 4.38. The van der Waals surface area contributed by atoms with Crippen LogP contribution in [0.2, 0.25) is 0 Å². The van der Waals surface area contributed by atoms with Crippen molar-refractivity contribution >= 4 is 5.91 Å². The Labute approximate surface area is 126 Å². The lowest BCUT2D eigenvalue weighted by atomic mass is 9.81. The van der Waals surface area contributed by atoms with Crippen LogP contribution in [0.25, 0.3) is 0 Å². The van der Waals surface area contributed by atoms with Gasteiger partial charge in [0.15, 0.2) is 0 Å². The van der Waals surface area contributed by atoms with Crippen molar-refractivity contribution in [1.82, 2.24) is 5.32 Å². The van der Waals surface area contributed by atoms with Crippen LogP contribution in [0.3, 0.4) is 0 Å². The number of aromatic hydroxyl groups is 1. The van der Waals surface area contributed by atoms with E-state index in [9.17, 15) is 9.90 Å². The van der Waals surface area contributed by atoms with E-state index in [2.05, 4.69) is 12.2 Å². The number of amides is 1. The predicted molar refractivity (Wildman–Crippen MR) is 82.7 cm³/mol. The van der Waals surface area contributed by atoms with Crippen LogP contribution in [0.1, 0.15) is 49.4 Å². The van der Waals surface area contributed by atoms with E-state index in [1.807, 2.05) is 0 Å². The molecule has 0 bridgehead atoms. The molecular weight excluding hydrogens is 266 g/mol. The van der Waals surface area contributed by atoms with Crippen LogP contribution >= 0.6 is 0 Å². The van der Waals surface area contributed by atoms with Gasteiger partial charge in [0.05, 0.1) is 12.7 Å². The van der Waals surface area contributed by atoms with Gasteiger partial charge >= 0.3 is 0 Å². The van der Waals surface area contributed by atoms with Crippen LogP contribution in [-0.4, -0.2) is 24.7 Å². The Kier molecular flexibility index (Phi) is 5.48. The number of hydrogen-bond donors (Lipinski definition) is 2. The molecule has 116 valence electrons. The molecule has 2 rings (SSSR count). The fourth-order valence-electron chi connectivity index (χ4n) is 3.14. The molecule has 0 aromatic heterocycles. The number of phenolic OH excluding ortho intramolecular Hbond substituents is 1. The second-order valence-electron chi connectivity index (χ2n) is 6.07. The van der Waals surface area contributed by atoms with Gasteiger partial charge in [0, 0.05) is 12.6 Å². The van der Waals surface area contributed by atoms with E-state index in [0.717, 1.165) is 18.3 Å². The van der Waals surface area contributed by atoms with Crippen molar-refractivity contribution in [1.29, 1.82) is 0 Å². The number of nitrogens with one attached hydrogen (secondary N) is 1. The zero-order chi connectivity index (χ0) is 15.2. The summed E-state index contributed by atoms with van der Waals surface area (Å²) in [6, 6.07) is 4.72. The van der Waals surface area contributed by atoms with E-state index in [-0.39, 0.29) is 11.7 Å². The van der Waals surface area contributed by atoms with Crippen molar-refractivity contribution in [3.8, 4) is 11.5 Å². The Bertz CT molecular complexity index is 487. The topological polar surface area (TPSA) is 58.6 Å². The number of rotatable bonds is 5. The molecule has 1 fully saturated rings. The van der Waals surface area contributed by atoms with Crippen LogP contribution in [0, 0.1) is 11.8 Å². The Hall–Kier alpha value is -1.71. The summed E-state index contributed by atoms with van der Waals surface area (Å²) in [6.07, 6.45) is 6.20. The lowest BCUT2D eigenvalue weighted by Crippen LogP contribution is -2.27. The Morgan fingerprint density at radius 3 is 2.90 bits per heavy atom. The highest BCUT2D eigenvalue weighted by Gasteiger charge is 2.19. The van der Waals surface area contributed by atoms with Crippen molar-refractivity contribution in [3.05, 3.63) is 23.8 Å². The Morgan fingerprint density at radius 1 is 1.43 bits per heavy atom. The minimum absolute atomic E-state index is 0.0434. The van der Waals surface area contributed by atoms with Crippen LogP contribution in [0.15, 0.2) is 18.2 Å². The largest absolute Gasteiger partial charge is 0.507 e. The molecule has 1 saturated carbocycles. The highest BCUT2D eigenvalue weighted by atomic mass is 16.5. The second kappa shape index (κ2) is 7.34. The van der Waals surface area contributed by atoms with Gasteiger partial charge in [-0.15, -0.1) is 0 Å². The molecule has 4 heteroatoms. The summed E-state index contributed by atoms with van der Waals surface area (Å²) >= 11 is 0. The summed E-state index contributed by atoms with van der Waals surface area (Å²) in [5.74, 6) is 1.81. The van der Waals surface area contributed by atoms with E-state index in [1.165, 1.54) is 38.9 Å². The molecule has 1 aromatic carbocycles. The van der Waals surface area contributed by atoms with Gasteiger partial charge in [0.25, 0.3) is 5.91 Å². The van der Waals surface area contributed by atoms with Crippen molar-refractivity contribution in [2.24, 2.45) is 11.8 Å². The summed E-state index contributed by atoms with van der Waals surface area (Å²) in [4.78, 5) is 12.1. The quantitative estimate of drug-likeness (QED) is 0.874. The summed E-state index contributed by atoms with van der Waals surface area (Å²) in [7, 11) is 1.53. The van der Waals surface area contributed by atoms with E-state index < -0.39 is 0 Å². The molecule has 0 radical (unpaired) electrons. The predicted octanol–water partition coefficient (Wildman–Crippen LogP) is 3.35. The molecule has 0 saturated heterocycles. The van der Waals surface area contributed by atoms with Crippen molar-refractivity contribution in [2.75, 3.05) is 13.7 Å². The van der Waals surface area contributed by atoms with Gasteiger partial charge < -0.3 is 15.2 Å². The summed E-state index contributed by atoms with van der Waals surface area (Å²) in [5, 5.41) is 12.7. The summed E-state index contributed by atoms with van der Waals surface area (Å²) in [5.41, 5.74) is 0.299. The van der Waals surface area contributed by atoms with Gasteiger partial charge in [-0.2, -0.15) is 0 Å². The highest BCUT2D eigenvalue weighted by molar-refractivity contribution is 5.96. The van der Waals surface area contributed by atoms with Crippen LogP contribution in [0.5, 0.6) is 11.5 Å². The molecule has 0 spiro atoms. The van der Waals surface area contributed by atoms with Crippen molar-refractivity contribution in [3.63, 3.8) is 0 Å². The van der Waals surface area contributed by atoms with Gasteiger partial charge in [-0.3, -0.25) is 4.79 Å². The third-order valence-corrected chi connectivity index (χ3v) is 4.33. The van der Waals surface area contributed by atoms with Gasteiger partial charge in [-0.1, -0.05) is 26.2 Å². The van der Waals surface area contributed by atoms with E-state index >= 15 is 0 Å². The lowest BCUT2D eigenvalue weighted by Gasteiger charge is -2.26. The average molecular weight is 291 g/mol. The first-order chi connectivity index (χ1) is 10.1. The van der Waals surface area contributed by atoms with Crippen LogP contribution < -0.4 is 10.1 Å². The van der Waals surface area contributed by atoms with E-state index in [1.54, 1.807) is 12.1 Å². The summed E-state index contributed by atoms with van der Waals surface area (Å²) in [6.45, 7) is 2.97. The molecule has 2 atom stereocenters. The molecule has 0 heterocycles. The molecule has 4 nitrogen and oxygen atoms in total. The van der Waals surface area contributed by atoms with E-state index in [0.29, 0.717) is 17.9 Å². The zero-order valence-electron chi connectivity index (χ0n) is 12.9. The molecular formula is C17H25NO3. The number of phenols is 1. The summed E-state index contributed by atoms with van der Waals surface area (Å²) < 4.78 is 5.01. The van der Waals surface area contributed by atoms with Crippen molar-refractivity contribution in [2.45, 2.75) is 39.0 Å². The number of carbonyl (C=O) groups excluding carboxylic acids is 1. The maximum Gasteiger partial charge on any atom is 0.255 e. The third-order valence-electron chi connectivity index (χ3n) is 4.33. The fraction of sp³-hybridized carbons (Fsp3) is 0.588. The Morgan fingerprint density at radius 2 is 2.24 bits per heavy atom. The van der Waals surface area contributed by atoms with Crippen molar-refractivity contribution < 1.29 is 14.6 Å². The second-order valence-corrected chi connectivity index (χ2v) is 6.07. The maximum atomic E-state index is 12.1. The smallest absolute Gasteiger partial charge is 0.255 e. The number of ether oxygens (including phenoxy) is 1. The van der Waals surface area contributed by atoms with Gasteiger partial charge in [-0.05, 0) is 36.8 Å². The number of methoxy groups -OCH3 is 1. The maximum absolute atomic E-state index is 12.1. The first-order valence-electron chi connectivity index (χ1n) is 7.75. The fourth-order valence-corrected chi connectivity index (χ4v) is 3.14. The molecule has 0 aliphatic heterocycles. The zero-order valence-corrected chi connectivity index (χ0v) is 12.9. The highest BCUT2D eigenvalue weighted by Crippen LogP contribution is 2.30. The Balaban J connectivity index is 1.81. The standard InChI is InChI=1S/C17H25NO3/c1-12-4-3-5-13(10-12)8-9-18-17(20)15-7-6-14(21-2)11-16(15)19/h6-7,11-13,19H,3-5,8-10H2,1-2H3,(H,18,20). The average Bonchev–Trinajstić information content (AvgIpc) is 2.47. The first-order valence-corrected chi connectivity index (χ1v) is 7.75. The monoisotopic (exact) mass is 291 g/mol. The minimum atomic E-state index is -0.223.